The average Bonchev–Trinajstić information content (AvgIpc) is 3.62. The molecule has 3 N–H and O–H groups in total. The number of carboxylic acid groups (broad SMARTS) is 2. The summed E-state index contributed by atoms with van der Waals surface area (Å²) in [6.07, 6.45) is -2.02. The highest BCUT2D eigenvalue weighted by Gasteiger charge is 2.39. The lowest BCUT2D eigenvalue weighted by Gasteiger charge is -2.31. The monoisotopic (exact) mass is 621 g/mol. The maximum atomic E-state index is 10.6. The topological polar surface area (TPSA) is 155 Å². The number of aromatic nitrogens is 6. The van der Waals surface area contributed by atoms with Crippen molar-refractivity contribution in [3.8, 4) is 0 Å². The molecule has 0 aromatic carbocycles. The minimum atomic E-state index is -5.08. The van der Waals surface area contributed by atoms with Crippen molar-refractivity contribution in [1.29, 1.82) is 0 Å². The Balaban J connectivity index is 0.000000303. The molecule has 3 aromatic heterocycles. The Morgan fingerprint density at radius 1 is 1.00 bits per heavy atom. The molecule has 0 unspecified atom stereocenters. The molecule has 13 nitrogen and oxygen atoms in total. The smallest absolute Gasteiger partial charge is 0.475 e. The van der Waals surface area contributed by atoms with Crippen molar-refractivity contribution in [2.75, 3.05) is 36.9 Å². The van der Waals surface area contributed by atoms with Gasteiger partial charge in [-0.15, -0.1) is 5.10 Å². The van der Waals surface area contributed by atoms with Crippen LogP contribution in [0.3, 0.4) is 0 Å². The van der Waals surface area contributed by atoms with Crippen LogP contribution in [0.2, 0.25) is 0 Å². The first-order valence-corrected chi connectivity index (χ1v) is 12.8. The van der Waals surface area contributed by atoms with Crippen molar-refractivity contribution in [2.45, 2.75) is 50.9 Å². The Labute approximate surface area is 240 Å². The molecule has 43 heavy (non-hydrogen) atoms. The fraction of sp³-hybridized carbons (Fsp3) is 0.500. The number of hydrogen-bond donors (Lipinski definition) is 3. The molecule has 5 heterocycles. The second-order valence-electron chi connectivity index (χ2n) is 9.41. The quantitative estimate of drug-likeness (QED) is 0.360. The molecule has 19 heteroatoms. The molecule has 0 bridgehead atoms. The number of carbonyl (C=O) groups is 2. The van der Waals surface area contributed by atoms with Gasteiger partial charge in [0.05, 0.1) is 17.9 Å². The van der Waals surface area contributed by atoms with Crippen molar-refractivity contribution in [3.05, 3.63) is 48.2 Å². The van der Waals surface area contributed by atoms with E-state index in [1.807, 2.05) is 13.1 Å². The standard InChI is InChI=1S/C20H27N9.2C2HF3O2/c1-21-19-4-7-22-20(23-19)28-9-5-17(6-10-28)29-14-16(24-25-29)13-26-11-12-27-8-2-3-18(27)15-26;2*3-2(4,5)1(6)7/h2-4,7-8,14,17H,5-6,9-13,15H2,1H3,(H,21,22,23);2*(H,6,7). The van der Waals surface area contributed by atoms with Gasteiger partial charge in [-0.1, -0.05) is 5.21 Å². The molecule has 1 saturated heterocycles. The van der Waals surface area contributed by atoms with Crippen molar-refractivity contribution >= 4 is 23.7 Å². The summed E-state index contributed by atoms with van der Waals surface area (Å²) in [5, 5.41) is 26.2. The van der Waals surface area contributed by atoms with E-state index in [0.717, 1.165) is 69.6 Å². The van der Waals surface area contributed by atoms with Crippen molar-refractivity contribution in [1.82, 2.24) is 34.4 Å². The first-order valence-electron chi connectivity index (χ1n) is 12.8. The van der Waals surface area contributed by atoms with Crippen molar-refractivity contribution in [2.24, 2.45) is 0 Å². The number of anilines is 2. The van der Waals surface area contributed by atoms with Gasteiger partial charge in [-0.2, -0.15) is 31.3 Å². The second-order valence-corrected chi connectivity index (χ2v) is 9.41. The summed E-state index contributed by atoms with van der Waals surface area (Å²) in [5.74, 6) is -3.87. The maximum Gasteiger partial charge on any atom is 0.490 e. The number of halogens is 6. The van der Waals surface area contributed by atoms with Crippen LogP contribution >= 0.6 is 0 Å². The highest BCUT2D eigenvalue weighted by atomic mass is 19.4. The first-order chi connectivity index (χ1) is 20.2. The number of aliphatic carboxylic acids is 2. The van der Waals surface area contributed by atoms with E-state index in [0.29, 0.717) is 6.04 Å². The Kier molecular flexibility index (Phi) is 10.9. The molecule has 5 rings (SSSR count). The Hall–Kier alpha value is -4.42. The molecular weight excluding hydrogens is 592 g/mol. The van der Waals surface area contributed by atoms with Gasteiger partial charge >= 0.3 is 24.3 Å². The van der Waals surface area contributed by atoms with Gasteiger partial charge in [0.25, 0.3) is 0 Å². The van der Waals surface area contributed by atoms with Gasteiger partial charge < -0.3 is 25.0 Å². The number of nitrogens with one attached hydrogen (secondary N) is 1. The van der Waals surface area contributed by atoms with Gasteiger partial charge in [0.15, 0.2) is 0 Å². The van der Waals surface area contributed by atoms with Crippen LogP contribution in [-0.2, 0) is 29.2 Å². The maximum absolute atomic E-state index is 10.6. The van der Waals surface area contributed by atoms with Crippen LogP contribution < -0.4 is 10.2 Å². The van der Waals surface area contributed by atoms with Gasteiger partial charge in [-0.25, -0.2) is 19.3 Å². The fourth-order valence-corrected chi connectivity index (χ4v) is 4.27. The number of piperidine rings is 1. The van der Waals surface area contributed by atoms with E-state index < -0.39 is 24.3 Å². The molecular formula is C24H29F6N9O4. The normalized spacial score (nSPS) is 15.8. The molecule has 0 atom stereocenters. The lowest BCUT2D eigenvalue weighted by atomic mass is 10.1. The number of alkyl halides is 6. The van der Waals surface area contributed by atoms with Crippen LogP contribution in [0.5, 0.6) is 0 Å². The summed E-state index contributed by atoms with van der Waals surface area (Å²) >= 11 is 0. The van der Waals surface area contributed by atoms with E-state index in [9.17, 15) is 26.3 Å². The zero-order valence-corrected chi connectivity index (χ0v) is 22.8. The Bertz CT molecular complexity index is 1330. The summed E-state index contributed by atoms with van der Waals surface area (Å²) in [4.78, 5) is 31.5. The predicted molar refractivity (Wildman–Crippen MR) is 138 cm³/mol. The van der Waals surface area contributed by atoms with Gasteiger partial charge in [-0.3, -0.25) is 4.90 Å². The minimum absolute atomic E-state index is 0.388. The van der Waals surface area contributed by atoms with Crippen LogP contribution in [0.25, 0.3) is 0 Å². The highest BCUT2D eigenvalue weighted by Crippen LogP contribution is 2.25. The highest BCUT2D eigenvalue weighted by molar-refractivity contribution is 5.73. The van der Waals surface area contributed by atoms with E-state index in [-0.39, 0.29) is 0 Å². The number of fused-ring (bicyclic) bond motifs is 1. The van der Waals surface area contributed by atoms with Gasteiger partial charge in [0.2, 0.25) is 5.95 Å². The third-order valence-corrected chi connectivity index (χ3v) is 6.42. The molecule has 2 aliphatic rings. The summed E-state index contributed by atoms with van der Waals surface area (Å²) in [7, 11) is 1.88. The number of carboxylic acids is 2. The van der Waals surface area contributed by atoms with Crippen LogP contribution in [0.15, 0.2) is 36.8 Å². The molecule has 3 aromatic rings. The zero-order chi connectivity index (χ0) is 31.8. The zero-order valence-electron chi connectivity index (χ0n) is 22.8. The van der Waals surface area contributed by atoms with Gasteiger partial charge in [0.1, 0.15) is 5.82 Å². The summed E-state index contributed by atoms with van der Waals surface area (Å²) in [5.41, 5.74) is 2.43. The number of rotatable bonds is 5. The molecule has 0 radical (unpaired) electrons. The number of nitrogens with zero attached hydrogens (tertiary/aromatic N) is 8. The molecule has 236 valence electrons. The molecule has 0 spiro atoms. The summed E-state index contributed by atoms with van der Waals surface area (Å²) < 4.78 is 67.9. The van der Waals surface area contributed by atoms with Gasteiger partial charge in [0, 0.05) is 64.4 Å². The van der Waals surface area contributed by atoms with E-state index >= 15 is 0 Å². The third kappa shape index (κ3) is 9.83. The largest absolute Gasteiger partial charge is 0.490 e. The minimum Gasteiger partial charge on any atom is -0.475 e. The first kappa shape index (κ1) is 33.1. The Morgan fingerprint density at radius 3 is 2.21 bits per heavy atom. The average molecular weight is 622 g/mol. The third-order valence-electron chi connectivity index (χ3n) is 6.42. The van der Waals surface area contributed by atoms with Crippen LogP contribution in [0.4, 0.5) is 38.1 Å². The van der Waals surface area contributed by atoms with Crippen LogP contribution in [-0.4, -0.2) is 95.6 Å². The molecule has 0 aliphatic carbocycles. The van der Waals surface area contributed by atoms with Crippen molar-refractivity contribution in [3.63, 3.8) is 0 Å². The van der Waals surface area contributed by atoms with E-state index in [1.54, 1.807) is 6.20 Å². The predicted octanol–water partition coefficient (Wildman–Crippen LogP) is 3.04. The molecule has 2 aliphatic heterocycles. The van der Waals surface area contributed by atoms with Gasteiger partial charge in [-0.05, 0) is 31.0 Å². The van der Waals surface area contributed by atoms with Crippen LogP contribution in [0, 0.1) is 0 Å². The molecule has 0 saturated carbocycles. The number of hydrogen-bond acceptors (Lipinski definition) is 9. The van der Waals surface area contributed by atoms with E-state index in [4.69, 9.17) is 19.8 Å². The SMILES string of the molecule is CNc1ccnc(N2CCC(n3cc(CN4CCn5cccc5C4)nn3)CC2)n1.O=C(O)C(F)(F)F.O=C(O)C(F)(F)F. The lowest BCUT2D eigenvalue weighted by molar-refractivity contribution is -0.193. The van der Waals surface area contributed by atoms with E-state index in [1.165, 1.54) is 5.69 Å². The van der Waals surface area contributed by atoms with Crippen LogP contribution in [0.1, 0.15) is 30.3 Å². The molecule has 0 amide bonds. The summed E-state index contributed by atoms with van der Waals surface area (Å²) in [6, 6.07) is 6.60. The molecule has 1 fully saturated rings. The fourth-order valence-electron chi connectivity index (χ4n) is 4.27. The summed E-state index contributed by atoms with van der Waals surface area (Å²) in [6.45, 7) is 5.79. The van der Waals surface area contributed by atoms with Crippen molar-refractivity contribution < 1.29 is 46.1 Å². The lowest BCUT2D eigenvalue weighted by Crippen LogP contribution is -2.36. The van der Waals surface area contributed by atoms with E-state index in [2.05, 4.69) is 69.2 Å². The second kappa shape index (κ2) is 14.2. The Morgan fingerprint density at radius 2 is 1.63 bits per heavy atom.